The predicted molar refractivity (Wildman–Crippen MR) is 132 cm³/mol. The van der Waals surface area contributed by atoms with Gasteiger partial charge in [0.15, 0.2) is 5.82 Å². The highest BCUT2D eigenvalue weighted by Crippen LogP contribution is 2.35. The van der Waals surface area contributed by atoms with Gasteiger partial charge in [0.05, 0.1) is 23.7 Å². The van der Waals surface area contributed by atoms with Gasteiger partial charge < -0.3 is 15.2 Å². The Kier molecular flexibility index (Phi) is 6.07. The van der Waals surface area contributed by atoms with Crippen molar-refractivity contribution in [2.75, 3.05) is 5.32 Å². The number of fused-ring (bicyclic) bond motifs is 1. The molecule has 5 rings (SSSR count). The monoisotopic (exact) mass is 472 g/mol. The lowest BCUT2D eigenvalue weighted by Gasteiger charge is -2.27. The van der Waals surface area contributed by atoms with Crippen LogP contribution in [0.3, 0.4) is 0 Å². The minimum atomic E-state index is -0.714. The summed E-state index contributed by atoms with van der Waals surface area (Å²) >= 11 is 0. The van der Waals surface area contributed by atoms with E-state index in [1.807, 2.05) is 55.7 Å². The third-order valence-electron chi connectivity index (χ3n) is 6.32. The number of carboxylic acids is 1. The van der Waals surface area contributed by atoms with Crippen molar-refractivity contribution in [1.82, 2.24) is 24.6 Å². The number of carboxylic acid groups (broad SMARTS) is 1. The number of aliphatic carboxylic acids is 1. The van der Waals surface area contributed by atoms with E-state index >= 15 is 0 Å². The average Bonchev–Trinajstić information content (AvgIpc) is 3.21. The van der Waals surface area contributed by atoms with Crippen molar-refractivity contribution in [1.29, 1.82) is 0 Å². The SMILES string of the molecule is Cc1cc(-c2ccn3nc(Nc4cc(C)nc(C)n4)cc3c2)c(OC2CCC(C(=O)O)CC2)cn1. The van der Waals surface area contributed by atoms with Crippen LogP contribution in [0.15, 0.2) is 42.7 Å². The van der Waals surface area contributed by atoms with Gasteiger partial charge >= 0.3 is 5.97 Å². The molecular weight excluding hydrogens is 444 g/mol. The summed E-state index contributed by atoms with van der Waals surface area (Å²) in [5, 5.41) is 17.1. The fourth-order valence-corrected chi connectivity index (χ4v) is 4.61. The zero-order valence-corrected chi connectivity index (χ0v) is 20.0. The molecule has 4 heterocycles. The number of rotatable bonds is 6. The first kappa shape index (κ1) is 22.8. The molecule has 1 aliphatic rings. The molecule has 9 nitrogen and oxygen atoms in total. The maximum Gasteiger partial charge on any atom is 0.306 e. The molecule has 4 aromatic rings. The summed E-state index contributed by atoms with van der Waals surface area (Å²) in [6.45, 7) is 5.75. The lowest BCUT2D eigenvalue weighted by Crippen LogP contribution is -2.28. The fraction of sp³-hybridized carbons (Fsp3) is 0.346. The molecule has 0 aromatic carbocycles. The van der Waals surface area contributed by atoms with Gasteiger partial charge in [0.1, 0.15) is 17.4 Å². The Labute approximate surface area is 203 Å². The normalized spacial score (nSPS) is 17.9. The van der Waals surface area contributed by atoms with E-state index in [0.717, 1.165) is 40.9 Å². The molecule has 0 atom stereocenters. The first-order chi connectivity index (χ1) is 16.8. The molecule has 1 aliphatic carbocycles. The van der Waals surface area contributed by atoms with E-state index in [0.29, 0.717) is 36.1 Å². The molecule has 0 amide bonds. The van der Waals surface area contributed by atoms with Gasteiger partial charge in [-0.15, -0.1) is 0 Å². The molecule has 0 unspecified atom stereocenters. The number of anilines is 2. The second-order valence-electron chi connectivity index (χ2n) is 9.13. The van der Waals surface area contributed by atoms with Crippen molar-refractivity contribution in [3.63, 3.8) is 0 Å². The highest BCUT2D eigenvalue weighted by molar-refractivity contribution is 5.75. The summed E-state index contributed by atoms with van der Waals surface area (Å²) in [4.78, 5) is 24.5. The van der Waals surface area contributed by atoms with Crippen molar-refractivity contribution in [2.24, 2.45) is 5.92 Å². The first-order valence-corrected chi connectivity index (χ1v) is 11.8. The molecule has 0 spiro atoms. The van der Waals surface area contributed by atoms with Gasteiger partial charge in [-0.3, -0.25) is 9.78 Å². The van der Waals surface area contributed by atoms with Crippen LogP contribution in [0.5, 0.6) is 5.75 Å². The fourth-order valence-electron chi connectivity index (χ4n) is 4.61. The average molecular weight is 473 g/mol. The summed E-state index contributed by atoms with van der Waals surface area (Å²) in [5.74, 6) is 1.83. The Hall–Kier alpha value is -4.01. The number of hydrogen-bond donors (Lipinski definition) is 2. The summed E-state index contributed by atoms with van der Waals surface area (Å²) in [7, 11) is 0. The molecule has 1 saturated carbocycles. The number of nitrogens with zero attached hydrogens (tertiary/aromatic N) is 5. The van der Waals surface area contributed by atoms with Crippen LogP contribution < -0.4 is 10.1 Å². The molecule has 2 N–H and O–H groups in total. The number of aryl methyl sites for hydroxylation is 3. The highest BCUT2D eigenvalue weighted by atomic mass is 16.5. The Bertz CT molecular complexity index is 1370. The van der Waals surface area contributed by atoms with E-state index in [9.17, 15) is 9.90 Å². The van der Waals surface area contributed by atoms with Crippen molar-refractivity contribution < 1.29 is 14.6 Å². The number of pyridine rings is 2. The topological polar surface area (TPSA) is 115 Å². The number of aromatic nitrogens is 5. The largest absolute Gasteiger partial charge is 0.488 e. The molecule has 35 heavy (non-hydrogen) atoms. The van der Waals surface area contributed by atoms with Gasteiger partial charge in [-0.1, -0.05) is 0 Å². The van der Waals surface area contributed by atoms with Crippen molar-refractivity contribution in [3.8, 4) is 16.9 Å². The van der Waals surface area contributed by atoms with Gasteiger partial charge in [-0.05, 0) is 70.2 Å². The van der Waals surface area contributed by atoms with Crippen molar-refractivity contribution >= 4 is 23.1 Å². The zero-order valence-electron chi connectivity index (χ0n) is 20.0. The van der Waals surface area contributed by atoms with Gasteiger partial charge in [0, 0.05) is 35.3 Å². The maximum absolute atomic E-state index is 11.3. The van der Waals surface area contributed by atoms with Gasteiger partial charge in [0.2, 0.25) is 0 Å². The third-order valence-corrected chi connectivity index (χ3v) is 6.32. The van der Waals surface area contributed by atoms with Crippen LogP contribution in [0.2, 0.25) is 0 Å². The standard InChI is InChI=1S/C26H28N6O3/c1-15-10-22(23(14-27-15)35-21-6-4-18(5-7-21)26(33)34)19-8-9-32-20(12-19)13-25(31-32)30-24-11-16(2)28-17(3)29-24/h8-14,18,21H,4-7H2,1-3H3,(H,33,34)(H,28,29,30,31). The van der Waals surface area contributed by atoms with E-state index < -0.39 is 5.97 Å². The van der Waals surface area contributed by atoms with Crippen LogP contribution in [-0.4, -0.2) is 41.7 Å². The van der Waals surface area contributed by atoms with Crippen molar-refractivity contribution in [3.05, 3.63) is 59.9 Å². The lowest BCUT2D eigenvalue weighted by molar-refractivity contribution is -0.143. The molecule has 0 bridgehead atoms. The van der Waals surface area contributed by atoms with Crippen LogP contribution >= 0.6 is 0 Å². The zero-order chi connectivity index (χ0) is 24.5. The van der Waals surface area contributed by atoms with Gasteiger partial charge in [0.25, 0.3) is 0 Å². The summed E-state index contributed by atoms with van der Waals surface area (Å²) in [6, 6.07) is 9.95. The van der Waals surface area contributed by atoms with E-state index in [1.54, 1.807) is 6.20 Å². The molecule has 0 saturated heterocycles. The quantitative estimate of drug-likeness (QED) is 0.408. The van der Waals surface area contributed by atoms with Gasteiger partial charge in [-0.25, -0.2) is 14.5 Å². The Morgan fingerprint density at radius 1 is 1.03 bits per heavy atom. The van der Waals surface area contributed by atoms with E-state index in [4.69, 9.17) is 4.74 Å². The van der Waals surface area contributed by atoms with Crippen LogP contribution in [0, 0.1) is 26.7 Å². The Morgan fingerprint density at radius 3 is 2.57 bits per heavy atom. The number of carbonyl (C=O) groups is 1. The smallest absolute Gasteiger partial charge is 0.306 e. The molecule has 0 aliphatic heterocycles. The molecular formula is C26H28N6O3. The Morgan fingerprint density at radius 2 is 1.83 bits per heavy atom. The third kappa shape index (κ3) is 5.08. The van der Waals surface area contributed by atoms with E-state index in [1.165, 1.54) is 0 Å². The Balaban J connectivity index is 1.40. The van der Waals surface area contributed by atoms with Gasteiger partial charge in [-0.2, -0.15) is 5.10 Å². The number of nitrogens with one attached hydrogen (secondary N) is 1. The summed E-state index contributed by atoms with van der Waals surface area (Å²) in [6.07, 6.45) is 6.40. The van der Waals surface area contributed by atoms with Crippen molar-refractivity contribution in [2.45, 2.75) is 52.6 Å². The number of ether oxygens (including phenoxy) is 1. The summed E-state index contributed by atoms with van der Waals surface area (Å²) < 4.78 is 8.15. The summed E-state index contributed by atoms with van der Waals surface area (Å²) in [5.41, 5.74) is 4.67. The molecule has 4 aromatic heterocycles. The van der Waals surface area contributed by atoms with E-state index in [-0.39, 0.29) is 12.0 Å². The minimum absolute atomic E-state index is 0.0110. The molecule has 0 radical (unpaired) electrons. The van der Waals surface area contributed by atoms with Crippen LogP contribution in [0.25, 0.3) is 16.6 Å². The van der Waals surface area contributed by atoms with E-state index in [2.05, 4.69) is 31.4 Å². The second kappa shape index (κ2) is 9.32. The van der Waals surface area contributed by atoms with Crippen LogP contribution in [0.1, 0.15) is 42.9 Å². The maximum atomic E-state index is 11.3. The first-order valence-electron chi connectivity index (χ1n) is 11.8. The minimum Gasteiger partial charge on any atom is -0.488 e. The lowest BCUT2D eigenvalue weighted by atomic mass is 9.87. The predicted octanol–water partition coefficient (Wildman–Crippen LogP) is 4.88. The highest BCUT2D eigenvalue weighted by Gasteiger charge is 2.27. The molecule has 1 fully saturated rings. The number of hydrogen-bond acceptors (Lipinski definition) is 7. The van der Waals surface area contributed by atoms with Crippen LogP contribution in [-0.2, 0) is 4.79 Å². The second-order valence-corrected chi connectivity index (χ2v) is 9.13. The molecule has 9 heteroatoms. The van der Waals surface area contributed by atoms with Crippen LogP contribution in [0.4, 0.5) is 11.6 Å². The molecule has 180 valence electrons.